The number of halogens is 5. The average Bonchev–Trinajstić information content (AvgIpc) is 2.41. The first-order valence-corrected chi connectivity index (χ1v) is 6.84. The molecule has 2 aromatic rings. The quantitative estimate of drug-likeness (QED) is 0.756. The van der Waals surface area contributed by atoms with Gasteiger partial charge in [0.1, 0.15) is 0 Å². The second-order valence-corrected chi connectivity index (χ2v) is 5.34. The lowest BCUT2D eigenvalue weighted by atomic mass is 9.98. The van der Waals surface area contributed by atoms with Gasteiger partial charge in [-0.15, -0.1) is 0 Å². The highest BCUT2D eigenvalue weighted by Gasteiger charge is 2.21. The molecule has 1 nitrogen and oxygen atoms in total. The molecule has 0 radical (unpaired) electrons. The fraction of sp³-hybridized carbons (Fsp3) is 0.143. The molecule has 2 aromatic carbocycles. The van der Waals surface area contributed by atoms with Crippen molar-refractivity contribution in [2.24, 2.45) is 0 Å². The summed E-state index contributed by atoms with van der Waals surface area (Å²) in [5.41, 5.74) is 1.02. The summed E-state index contributed by atoms with van der Waals surface area (Å²) in [5.74, 6) is -1.96. The van der Waals surface area contributed by atoms with Crippen molar-refractivity contribution in [1.82, 2.24) is 5.32 Å². The second kappa shape index (κ2) is 6.27. The standard InChI is InChI=1S/C14H10Cl3F2N/c1-20-14(7-3-2-4-9(15)13(7)17)8-5-11(18)12(19)6-10(8)16/h2-6,14,20H,1H3. The summed E-state index contributed by atoms with van der Waals surface area (Å²) in [6.45, 7) is 0. The van der Waals surface area contributed by atoms with Crippen LogP contribution < -0.4 is 5.32 Å². The van der Waals surface area contributed by atoms with Crippen LogP contribution >= 0.6 is 34.8 Å². The van der Waals surface area contributed by atoms with E-state index < -0.39 is 17.7 Å². The van der Waals surface area contributed by atoms with E-state index in [0.717, 1.165) is 12.1 Å². The summed E-state index contributed by atoms with van der Waals surface area (Å²) in [6, 6.07) is 6.61. The average molecular weight is 337 g/mol. The van der Waals surface area contributed by atoms with Crippen molar-refractivity contribution in [3.63, 3.8) is 0 Å². The molecule has 0 heterocycles. The molecule has 0 spiro atoms. The zero-order valence-electron chi connectivity index (χ0n) is 10.4. The van der Waals surface area contributed by atoms with Gasteiger partial charge in [0.2, 0.25) is 0 Å². The molecule has 2 rings (SSSR count). The Morgan fingerprint density at radius 2 is 1.60 bits per heavy atom. The Balaban J connectivity index is 2.58. The molecule has 1 atom stereocenters. The first-order chi connectivity index (χ1) is 9.45. The molecule has 106 valence electrons. The van der Waals surface area contributed by atoms with E-state index in [1.165, 1.54) is 0 Å². The van der Waals surface area contributed by atoms with Crippen molar-refractivity contribution in [1.29, 1.82) is 0 Å². The van der Waals surface area contributed by atoms with Crippen molar-refractivity contribution >= 4 is 34.8 Å². The summed E-state index contributed by atoms with van der Waals surface area (Å²) in [7, 11) is 1.67. The van der Waals surface area contributed by atoms with Crippen molar-refractivity contribution < 1.29 is 8.78 Å². The Hall–Kier alpha value is -0.870. The van der Waals surface area contributed by atoms with Gasteiger partial charge in [-0.25, -0.2) is 8.78 Å². The first-order valence-electron chi connectivity index (χ1n) is 5.71. The van der Waals surface area contributed by atoms with Crippen molar-refractivity contribution in [3.8, 4) is 0 Å². The Morgan fingerprint density at radius 3 is 2.25 bits per heavy atom. The van der Waals surface area contributed by atoms with Gasteiger partial charge in [-0.3, -0.25) is 0 Å². The van der Waals surface area contributed by atoms with Gasteiger partial charge in [0, 0.05) is 5.02 Å². The number of rotatable bonds is 3. The number of hydrogen-bond acceptors (Lipinski definition) is 1. The summed E-state index contributed by atoms with van der Waals surface area (Å²) in [6.07, 6.45) is 0. The van der Waals surface area contributed by atoms with Crippen molar-refractivity contribution in [2.75, 3.05) is 7.05 Å². The maximum absolute atomic E-state index is 13.4. The largest absolute Gasteiger partial charge is 0.309 e. The molecular weight excluding hydrogens is 327 g/mol. The van der Waals surface area contributed by atoms with Gasteiger partial charge in [0.05, 0.1) is 16.1 Å². The van der Waals surface area contributed by atoms with E-state index in [4.69, 9.17) is 34.8 Å². The predicted octanol–water partition coefficient (Wildman–Crippen LogP) is 5.23. The van der Waals surface area contributed by atoms with E-state index in [1.54, 1.807) is 25.2 Å². The van der Waals surface area contributed by atoms with Crippen molar-refractivity contribution in [2.45, 2.75) is 6.04 Å². The zero-order chi connectivity index (χ0) is 14.9. The molecule has 0 bridgehead atoms. The third-order valence-electron chi connectivity index (χ3n) is 2.93. The highest BCUT2D eigenvalue weighted by Crippen LogP contribution is 2.36. The minimum atomic E-state index is -0.995. The van der Waals surface area contributed by atoms with Gasteiger partial charge in [0.25, 0.3) is 0 Å². The maximum atomic E-state index is 13.4. The number of benzene rings is 2. The van der Waals surface area contributed by atoms with E-state index in [2.05, 4.69) is 5.32 Å². The highest BCUT2D eigenvalue weighted by atomic mass is 35.5. The lowest BCUT2D eigenvalue weighted by molar-refractivity contribution is 0.505. The first kappa shape index (κ1) is 15.5. The number of hydrogen-bond donors (Lipinski definition) is 1. The smallest absolute Gasteiger partial charge is 0.160 e. The fourth-order valence-corrected chi connectivity index (χ4v) is 2.66. The van der Waals surface area contributed by atoms with Gasteiger partial charge in [-0.1, -0.05) is 46.9 Å². The molecule has 0 aliphatic rings. The fourth-order valence-electron chi connectivity index (χ4n) is 1.98. The van der Waals surface area contributed by atoms with Gasteiger partial charge in [0.15, 0.2) is 11.6 Å². The highest BCUT2D eigenvalue weighted by molar-refractivity contribution is 6.42. The SMILES string of the molecule is CNC(c1cc(F)c(F)cc1Cl)c1cccc(Cl)c1Cl. The van der Waals surface area contributed by atoms with Crippen LogP contribution in [0.15, 0.2) is 30.3 Å². The molecule has 0 saturated heterocycles. The second-order valence-electron chi connectivity index (χ2n) is 4.15. The van der Waals surface area contributed by atoms with Crippen LogP contribution in [0.1, 0.15) is 17.2 Å². The van der Waals surface area contributed by atoms with Crippen LogP contribution in [-0.2, 0) is 0 Å². The lowest BCUT2D eigenvalue weighted by Gasteiger charge is -2.20. The van der Waals surface area contributed by atoms with E-state index in [-0.39, 0.29) is 5.02 Å². The Kier molecular flexibility index (Phi) is 4.86. The third kappa shape index (κ3) is 2.91. The molecule has 1 unspecified atom stereocenters. The molecular formula is C14H10Cl3F2N. The van der Waals surface area contributed by atoms with E-state index >= 15 is 0 Å². The summed E-state index contributed by atoms with van der Waals surface area (Å²) < 4.78 is 26.6. The van der Waals surface area contributed by atoms with E-state index in [9.17, 15) is 8.78 Å². The zero-order valence-corrected chi connectivity index (χ0v) is 12.6. The van der Waals surface area contributed by atoms with Crippen molar-refractivity contribution in [3.05, 3.63) is 68.2 Å². The van der Waals surface area contributed by atoms with Crippen LogP contribution in [-0.4, -0.2) is 7.05 Å². The van der Waals surface area contributed by atoms with Gasteiger partial charge in [-0.05, 0) is 36.4 Å². The molecule has 0 aliphatic heterocycles. The normalized spacial score (nSPS) is 12.5. The molecule has 1 N–H and O–H groups in total. The number of nitrogens with one attached hydrogen (secondary N) is 1. The molecule has 6 heteroatoms. The predicted molar refractivity (Wildman–Crippen MR) is 78.7 cm³/mol. The van der Waals surface area contributed by atoms with Crippen LogP contribution in [0.5, 0.6) is 0 Å². The van der Waals surface area contributed by atoms with Crippen LogP contribution in [0, 0.1) is 11.6 Å². The Bertz CT molecular complexity index is 647. The minimum Gasteiger partial charge on any atom is -0.309 e. The van der Waals surface area contributed by atoms with Crippen LogP contribution in [0.4, 0.5) is 8.78 Å². The monoisotopic (exact) mass is 335 g/mol. The Morgan fingerprint density at radius 1 is 0.950 bits per heavy atom. The van der Waals surface area contributed by atoms with Gasteiger partial charge in [-0.2, -0.15) is 0 Å². The molecule has 0 saturated carbocycles. The summed E-state index contributed by atoms with van der Waals surface area (Å²) in [4.78, 5) is 0. The third-order valence-corrected chi connectivity index (χ3v) is 4.09. The maximum Gasteiger partial charge on any atom is 0.160 e. The van der Waals surface area contributed by atoms with Gasteiger partial charge >= 0.3 is 0 Å². The van der Waals surface area contributed by atoms with Crippen LogP contribution in [0.2, 0.25) is 15.1 Å². The molecule has 0 fully saturated rings. The Labute approximate surface area is 130 Å². The molecule has 0 aliphatic carbocycles. The van der Waals surface area contributed by atoms with E-state index in [1.807, 2.05) is 0 Å². The summed E-state index contributed by atoms with van der Waals surface area (Å²) >= 11 is 18.1. The van der Waals surface area contributed by atoms with Crippen LogP contribution in [0.25, 0.3) is 0 Å². The van der Waals surface area contributed by atoms with Gasteiger partial charge < -0.3 is 5.32 Å². The van der Waals surface area contributed by atoms with E-state index in [0.29, 0.717) is 21.2 Å². The topological polar surface area (TPSA) is 12.0 Å². The molecule has 20 heavy (non-hydrogen) atoms. The molecule has 0 aromatic heterocycles. The van der Waals surface area contributed by atoms with Crippen LogP contribution in [0.3, 0.4) is 0 Å². The lowest BCUT2D eigenvalue weighted by Crippen LogP contribution is -2.19. The molecule has 0 amide bonds. The summed E-state index contributed by atoms with van der Waals surface area (Å²) in [5, 5.41) is 3.80. The minimum absolute atomic E-state index is 0.110.